The van der Waals surface area contributed by atoms with Crippen molar-refractivity contribution < 1.29 is 24.2 Å². The highest BCUT2D eigenvalue weighted by atomic mass is 32.1. The zero-order valence-electron chi connectivity index (χ0n) is 22.0. The summed E-state index contributed by atoms with van der Waals surface area (Å²) in [6.45, 7) is 11.8. The number of aromatic hydroxyl groups is 1. The molecule has 0 aliphatic rings. The van der Waals surface area contributed by atoms with Crippen LogP contribution in [0.25, 0.3) is 0 Å². The third-order valence-electron chi connectivity index (χ3n) is 5.41. The van der Waals surface area contributed by atoms with E-state index in [2.05, 4.69) is 30.2 Å². The second-order valence-electron chi connectivity index (χ2n) is 9.68. The van der Waals surface area contributed by atoms with Crippen molar-refractivity contribution in [3.63, 3.8) is 0 Å². The van der Waals surface area contributed by atoms with E-state index in [1.807, 2.05) is 6.92 Å². The highest BCUT2D eigenvalue weighted by Gasteiger charge is 2.36. The van der Waals surface area contributed by atoms with Crippen LogP contribution in [0.4, 0.5) is 4.79 Å². The molecule has 2 atom stereocenters. The molecule has 9 heteroatoms. The molecule has 1 aromatic rings. The van der Waals surface area contributed by atoms with Gasteiger partial charge in [0.2, 0.25) is 11.8 Å². The van der Waals surface area contributed by atoms with Crippen LogP contribution in [0.1, 0.15) is 83.9 Å². The van der Waals surface area contributed by atoms with Gasteiger partial charge in [-0.1, -0.05) is 51.3 Å². The Hall–Kier alpha value is -2.42. The molecule has 0 aliphatic heterocycles. The first-order chi connectivity index (χ1) is 16.5. The quantitative estimate of drug-likeness (QED) is 0.231. The highest BCUT2D eigenvalue weighted by molar-refractivity contribution is 7.80. The molecule has 8 nitrogen and oxygen atoms in total. The number of benzene rings is 1. The van der Waals surface area contributed by atoms with Crippen LogP contribution in [0.5, 0.6) is 5.75 Å². The summed E-state index contributed by atoms with van der Waals surface area (Å²) in [6, 6.07) is 3.08. The number of hydrogen-bond donors (Lipinski definition) is 4. The van der Waals surface area contributed by atoms with Gasteiger partial charge in [-0.15, -0.1) is 0 Å². The first kappa shape index (κ1) is 30.6. The van der Waals surface area contributed by atoms with E-state index in [0.717, 1.165) is 25.7 Å². The number of nitrogens with one attached hydrogen (secondary N) is 2. The Morgan fingerprint density at radius 2 is 1.77 bits per heavy atom. The number of aryl methyl sites for hydroxylation is 1. The molecule has 0 fully saturated rings. The van der Waals surface area contributed by atoms with Crippen molar-refractivity contribution in [2.75, 3.05) is 18.8 Å². The van der Waals surface area contributed by atoms with Gasteiger partial charge in [0.15, 0.2) is 0 Å². The Morgan fingerprint density at radius 1 is 1.11 bits per heavy atom. The Balaban J connectivity index is 3.37. The molecule has 0 heterocycles. The van der Waals surface area contributed by atoms with Gasteiger partial charge in [0.1, 0.15) is 23.4 Å². The summed E-state index contributed by atoms with van der Waals surface area (Å²) in [4.78, 5) is 41.0. The van der Waals surface area contributed by atoms with E-state index in [-0.39, 0.29) is 24.0 Å². The van der Waals surface area contributed by atoms with Gasteiger partial charge in [0, 0.05) is 24.4 Å². The largest absolute Gasteiger partial charge is 0.507 e. The fourth-order valence-corrected chi connectivity index (χ4v) is 3.81. The lowest BCUT2D eigenvalue weighted by Crippen LogP contribution is -2.54. The van der Waals surface area contributed by atoms with Gasteiger partial charge < -0.3 is 25.4 Å². The Kier molecular flexibility index (Phi) is 13.0. The lowest BCUT2D eigenvalue weighted by atomic mass is 9.99. The van der Waals surface area contributed by atoms with Gasteiger partial charge >= 0.3 is 6.09 Å². The molecule has 0 spiro atoms. The van der Waals surface area contributed by atoms with Crippen molar-refractivity contribution in [1.82, 2.24) is 15.5 Å². The number of ether oxygens (including phenoxy) is 1. The van der Waals surface area contributed by atoms with Crippen molar-refractivity contribution in [3.05, 3.63) is 29.3 Å². The monoisotopic (exact) mass is 509 g/mol. The van der Waals surface area contributed by atoms with Gasteiger partial charge in [0.05, 0.1) is 0 Å². The van der Waals surface area contributed by atoms with E-state index < -0.39 is 29.7 Å². The number of alkyl carbamates (subject to hydrolysis) is 1. The topological polar surface area (TPSA) is 108 Å². The number of unbranched alkanes of at least 4 members (excludes halogenated alkanes) is 3. The summed E-state index contributed by atoms with van der Waals surface area (Å²) >= 11 is 4.28. The molecule has 0 aromatic heterocycles. The van der Waals surface area contributed by atoms with E-state index >= 15 is 0 Å². The van der Waals surface area contributed by atoms with Gasteiger partial charge in [-0.25, -0.2) is 4.79 Å². The summed E-state index contributed by atoms with van der Waals surface area (Å²) in [6.07, 6.45) is 3.50. The summed E-state index contributed by atoms with van der Waals surface area (Å²) < 4.78 is 5.31. The molecule has 3 amide bonds. The van der Waals surface area contributed by atoms with Crippen LogP contribution in [-0.2, 0) is 14.3 Å². The molecule has 35 heavy (non-hydrogen) atoms. The minimum absolute atomic E-state index is 0.0192. The third-order valence-corrected chi connectivity index (χ3v) is 5.78. The highest BCUT2D eigenvalue weighted by Crippen LogP contribution is 2.32. The number of thiol groups is 1. The van der Waals surface area contributed by atoms with Crippen LogP contribution >= 0.6 is 12.6 Å². The number of carbonyl (C=O) groups is 3. The third kappa shape index (κ3) is 9.99. The van der Waals surface area contributed by atoms with Crippen LogP contribution in [0.3, 0.4) is 0 Å². The van der Waals surface area contributed by atoms with Crippen LogP contribution in [0.15, 0.2) is 18.2 Å². The molecule has 0 saturated carbocycles. The Labute approximate surface area is 215 Å². The molecule has 2 unspecified atom stereocenters. The number of phenols is 1. The van der Waals surface area contributed by atoms with Gasteiger partial charge in [-0.3, -0.25) is 9.59 Å². The van der Waals surface area contributed by atoms with Crippen molar-refractivity contribution in [2.45, 2.75) is 91.3 Å². The van der Waals surface area contributed by atoms with Crippen molar-refractivity contribution in [1.29, 1.82) is 0 Å². The van der Waals surface area contributed by atoms with Crippen LogP contribution in [0.2, 0.25) is 0 Å². The van der Waals surface area contributed by atoms with Crippen LogP contribution in [-0.4, -0.2) is 58.4 Å². The average Bonchev–Trinajstić information content (AvgIpc) is 2.78. The predicted molar refractivity (Wildman–Crippen MR) is 142 cm³/mol. The number of nitrogens with zero attached hydrogens (tertiary/aromatic N) is 1. The SMILES string of the molecule is CCCCCNC(=O)C(c1cccc(C)c1O)N(CCCC)C(=O)C(CS)NC(=O)OC(C)(C)C. The summed E-state index contributed by atoms with van der Waals surface area (Å²) in [7, 11) is 0. The molecule has 0 bridgehead atoms. The molecule has 1 rings (SSSR count). The van der Waals surface area contributed by atoms with Crippen molar-refractivity contribution in [3.8, 4) is 5.75 Å². The van der Waals surface area contributed by atoms with Crippen molar-refractivity contribution in [2.24, 2.45) is 0 Å². The molecule has 0 radical (unpaired) electrons. The van der Waals surface area contributed by atoms with E-state index in [0.29, 0.717) is 24.1 Å². The number of amides is 3. The first-order valence-electron chi connectivity index (χ1n) is 12.4. The van der Waals surface area contributed by atoms with Crippen LogP contribution in [0, 0.1) is 6.92 Å². The summed E-state index contributed by atoms with van der Waals surface area (Å²) in [5, 5.41) is 16.3. The van der Waals surface area contributed by atoms with Crippen molar-refractivity contribution >= 4 is 30.5 Å². The fraction of sp³-hybridized carbons (Fsp3) is 0.654. The zero-order chi connectivity index (χ0) is 26.6. The Morgan fingerprint density at radius 3 is 2.34 bits per heavy atom. The first-order valence-corrected chi connectivity index (χ1v) is 13.1. The standard InChI is InChI=1S/C26H43N3O5S/c1-7-9-11-15-27-23(31)21(19-14-12-13-18(3)22(19)30)29(16-10-8-2)24(32)20(17-35)28-25(33)34-26(4,5)6/h12-14,20-21,30,35H,7-11,15-17H2,1-6H3,(H,27,31)(H,28,33). The summed E-state index contributed by atoms with van der Waals surface area (Å²) in [5.74, 6) is -0.848. The van der Waals surface area contributed by atoms with E-state index in [4.69, 9.17) is 4.74 Å². The number of carbonyl (C=O) groups excluding carboxylic acids is 3. The van der Waals surface area contributed by atoms with Gasteiger partial charge in [0.25, 0.3) is 0 Å². The maximum atomic E-state index is 13.7. The number of phenolic OH excluding ortho intramolecular Hbond substituents is 1. The number of hydrogen-bond acceptors (Lipinski definition) is 6. The predicted octanol–water partition coefficient (Wildman–Crippen LogP) is 4.50. The second kappa shape index (κ2) is 14.9. The maximum Gasteiger partial charge on any atom is 0.408 e. The lowest BCUT2D eigenvalue weighted by molar-refractivity contribution is -0.142. The molecule has 198 valence electrons. The normalized spacial score (nSPS) is 13.0. The summed E-state index contributed by atoms with van der Waals surface area (Å²) in [5.41, 5.74) is 0.217. The van der Waals surface area contributed by atoms with Crippen LogP contribution < -0.4 is 10.6 Å². The molecular weight excluding hydrogens is 466 g/mol. The number of para-hydroxylation sites is 1. The van der Waals surface area contributed by atoms with E-state index in [1.54, 1.807) is 45.9 Å². The molecule has 0 aliphatic carbocycles. The molecule has 1 aromatic carbocycles. The minimum atomic E-state index is -1.06. The molecular formula is C26H43N3O5S. The fourth-order valence-electron chi connectivity index (χ4n) is 3.57. The Bertz CT molecular complexity index is 841. The van der Waals surface area contributed by atoms with Gasteiger partial charge in [-0.2, -0.15) is 12.6 Å². The smallest absolute Gasteiger partial charge is 0.408 e. The molecule has 0 saturated heterocycles. The number of rotatable bonds is 13. The minimum Gasteiger partial charge on any atom is -0.507 e. The second-order valence-corrected chi connectivity index (χ2v) is 10.0. The van der Waals surface area contributed by atoms with Gasteiger partial charge in [-0.05, 0) is 46.1 Å². The van der Waals surface area contributed by atoms with E-state index in [9.17, 15) is 19.5 Å². The maximum absolute atomic E-state index is 13.7. The molecule has 3 N–H and O–H groups in total. The zero-order valence-corrected chi connectivity index (χ0v) is 22.9. The lowest BCUT2D eigenvalue weighted by Gasteiger charge is -2.34. The van der Waals surface area contributed by atoms with E-state index in [1.165, 1.54) is 4.90 Å². The average molecular weight is 510 g/mol.